The fraction of sp³-hybridized carbons (Fsp3) is 0.727. The van der Waals surface area contributed by atoms with E-state index in [4.69, 9.17) is 9.84 Å². The number of hydrogen-bond donors (Lipinski definition) is 2. The van der Waals surface area contributed by atoms with Crippen LogP contribution in [0.15, 0.2) is 0 Å². The van der Waals surface area contributed by atoms with Gasteiger partial charge in [-0.3, -0.25) is 4.79 Å². The molecule has 0 aliphatic carbocycles. The molecule has 1 unspecified atom stereocenters. The van der Waals surface area contributed by atoms with Gasteiger partial charge in [-0.05, 0) is 11.5 Å². The van der Waals surface area contributed by atoms with Gasteiger partial charge in [0.15, 0.2) is 0 Å². The molecule has 1 heterocycles. The van der Waals surface area contributed by atoms with Crippen molar-refractivity contribution in [2.24, 2.45) is 0 Å². The van der Waals surface area contributed by atoms with Gasteiger partial charge in [-0.15, -0.1) is 5.10 Å². The van der Waals surface area contributed by atoms with E-state index in [-0.39, 0.29) is 24.5 Å². The van der Waals surface area contributed by atoms with Crippen molar-refractivity contribution in [2.75, 3.05) is 20.3 Å². The Morgan fingerprint density at radius 1 is 1.56 bits per heavy atom. The lowest BCUT2D eigenvalue weighted by Crippen LogP contribution is -2.41. The molecule has 0 saturated carbocycles. The summed E-state index contributed by atoms with van der Waals surface area (Å²) in [5.41, 5.74) is 0.425. The highest BCUT2D eigenvalue weighted by atomic mass is 32.1. The first-order valence-electron chi connectivity index (χ1n) is 5.63. The van der Waals surface area contributed by atoms with Gasteiger partial charge >= 0.3 is 0 Å². The number of hydrogen-bond acceptors (Lipinski definition) is 6. The minimum atomic E-state index is -0.419. The van der Waals surface area contributed by atoms with E-state index in [0.29, 0.717) is 10.6 Å². The van der Waals surface area contributed by atoms with E-state index in [2.05, 4.69) is 14.9 Å². The van der Waals surface area contributed by atoms with Crippen LogP contribution >= 0.6 is 11.5 Å². The van der Waals surface area contributed by atoms with Crippen molar-refractivity contribution in [3.63, 3.8) is 0 Å². The standard InChI is InChI=1S/C11H19N3O3S/c1-11(2,3)9-8(18-14-13-9)10(16)12-7(5-15)6-17-4/h7,15H,5-6H2,1-4H3,(H,12,16). The maximum atomic E-state index is 12.1. The zero-order chi connectivity index (χ0) is 13.8. The first-order chi connectivity index (χ1) is 8.40. The van der Waals surface area contributed by atoms with Crippen LogP contribution in [-0.4, -0.2) is 47.0 Å². The Morgan fingerprint density at radius 2 is 2.22 bits per heavy atom. The molecule has 2 N–H and O–H groups in total. The van der Waals surface area contributed by atoms with Crippen LogP contribution in [-0.2, 0) is 10.2 Å². The molecule has 0 fully saturated rings. The Hall–Kier alpha value is -1.05. The molecule has 0 bridgehead atoms. The molecule has 1 atom stereocenters. The summed E-state index contributed by atoms with van der Waals surface area (Å²) in [6.45, 7) is 6.01. The molecule has 7 heteroatoms. The Labute approximate surface area is 111 Å². The van der Waals surface area contributed by atoms with Crippen molar-refractivity contribution in [3.8, 4) is 0 Å². The monoisotopic (exact) mass is 273 g/mol. The number of aliphatic hydroxyl groups excluding tert-OH is 1. The van der Waals surface area contributed by atoms with Gasteiger partial charge in [0.05, 0.1) is 24.9 Å². The van der Waals surface area contributed by atoms with E-state index < -0.39 is 6.04 Å². The summed E-state index contributed by atoms with van der Waals surface area (Å²) >= 11 is 1.06. The second kappa shape index (κ2) is 6.21. The minimum absolute atomic E-state index is 0.170. The van der Waals surface area contributed by atoms with Crippen LogP contribution in [0.2, 0.25) is 0 Å². The topological polar surface area (TPSA) is 84.3 Å². The van der Waals surface area contributed by atoms with E-state index in [0.717, 1.165) is 11.5 Å². The van der Waals surface area contributed by atoms with E-state index in [1.165, 1.54) is 7.11 Å². The average molecular weight is 273 g/mol. The number of nitrogens with zero attached hydrogens (tertiary/aromatic N) is 2. The van der Waals surface area contributed by atoms with Gasteiger partial charge in [0.1, 0.15) is 4.88 Å². The zero-order valence-electron chi connectivity index (χ0n) is 11.1. The van der Waals surface area contributed by atoms with E-state index >= 15 is 0 Å². The van der Waals surface area contributed by atoms with E-state index in [1.54, 1.807) is 0 Å². The molecule has 1 aromatic rings. The number of carbonyl (C=O) groups is 1. The number of nitrogens with one attached hydrogen (secondary N) is 1. The molecular formula is C11H19N3O3S. The number of aliphatic hydroxyl groups is 1. The van der Waals surface area contributed by atoms with Gasteiger partial charge in [0, 0.05) is 12.5 Å². The summed E-state index contributed by atoms with van der Waals surface area (Å²) in [7, 11) is 1.52. The first-order valence-corrected chi connectivity index (χ1v) is 6.41. The Kier molecular flexibility index (Phi) is 5.18. The second-order valence-corrected chi connectivity index (χ2v) is 5.76. The molecule has 0 spiro atoms. The van der Waals surface area contributed by atoms with E-state index in [1.807, 2.05) is 20.8 Å². The molecule has 18 heavy (non-hydrogen) atoms. The third-order valence-electron chi connectivity index (χ3n) is 2.33. The van der Waals surface area contributed by atoms with Crippen molar-refractivity contribution < 1.29 is 14.6 Å². The number of amides is 1. The largest absolute Gasteiger partial charge is 0.394 e. The predicted octanol–water partition coefficient (Wildman–Crippen LogP) is 0.573. The molecule has 1 rings (SSSR count). The molecule has 1 amide bonds. The molecule has 102 valence electrons. The number of rotatable bonds is 5. The Balaban J connectivity index is 2.82. The number of carbonyl (C=O) groups excluding carboxylic acids is 1. The molecule has 1 aromatic heterocycles. The maximum absolute atomic E-state index is 12.1. The lowest BCUT2D eigenvalue weighted by Gasteiger charge is -2.18. The highest BCUT2D eigenvalue weighted by molar-refractivity contribution is 7.08. The van der Waals surface area contributed by atoms with Crippen LogP contribution in [0, 0.1) is 0 Å². The Morgan fingerprint density at radius 3 is 2.72 bits per heavy atom. The predicted molar refractivity (Wildman–Crippen MR) is 68.8 cm³/mol. The quantitative estimate of drug-likeness (QED) is 0.819. The smallest absolute Gasteiger partial charge is 0.265 e. The molecule has 0 aliphatic heterocycles. The summed E-state index contributed by atoms with van der Waals surface area (Å²) < 4.78 is 8.73. The molecular weight excluding hydrogens is 254 g/mol. The average Bonchev–Trinajstić information content (AvgIpc) is 2.76. The van der Waals surface area contributed by atoms with Crippen molar-refractivity contribution >= 4 is 17.4 Å². The van der Waals surface area contributed by atoms with Crippen LogP contribution in [0.3, 0.4) is 0 Å². The van der Waals surface area contributed by atoms with Gasteiger partial charge in [-0.2, -0.15) is 0 Å². The number of ether oxygens (including phenoxy) is 1. The summed E-state index contributed by atoms with van der Waals surface area (Å²) in [5.74, 6) is -0.272. The van der Waals surface area contributed by atoms with Gasteiger partial charge in [0.25, 0.3) is 5.91 Å². The lowest BCUT2D eigenvalue weighted by molar-refractivity contribution is 0.0841. The summed E-state index contributed by atoms with van der Waals surface area (Å²) in [6, 6.07) is -0.419. The zero-order valence-corrected chi connectivity index (χ0v) is 11.9. The fourth-order valence-corrected chi connectivity index (χ4v) is 2.20. The minimum Gasteiger partial charge on any atom is -0.394 e. The fourth-order valence-electron chi connectivity index (χ4n) is 1.42. The number of methoxy groups -OCH3 is 1. The summed E-state index contributed by atoms with van der Waals surface area (Å²) in [5, 5.41) is 15.8. The van der Waals surface area contributed by atoms with Gasteiger partial charge in [-0.25, -0.2) is 0 Å². The highest BCUT2D eigenvalue weighted by Gasteiger charge is 2.27. The van der Waals surface area contributed by atoms with Crippen LogP contribution in [0.1, 0.15) is 36.1 Å². The second-order valence-electron chi connectivity index (χ2n) is 5.01. The van der Waals surface area contributed by atoms with Crippen LogP contribution in [0.5, 0.6) is 0 Å². The molecule has 0 radical (unpaired) electrons. The van der Waals surface area contributed by atoms with Gasteiger partial charge in [-0.1, -0.05) is 25.3 Å². The van der Waals surface area contributed by atoms with Crippen LogP contribution in [0.4, 0.5) is 0 Å². The van der Waals surface area contributed by atoms with Crippen molar-refractivity contribution in [1.82, 2.24) is 14.9 Å². The lowest BCUT2D eigenvalue weighted by atomic mass is 9.91. The molecule has 0 aliphatic rings. The van der Waals surface area contributed by atoms with Crippen molar-refractivity contribution in [2.45, 2.75) is 32.2 Å². The SMILES string of the molecule is COCC(CO)NC(=O)c1snnc1C(C)(C)C. The van der Waals surface area contributed by atoms with Crippen molar-refractivity contribution in [3.05, 3.63) is 10.6 Å². The molecule has 6 nitrogen and oxygen atoms in total. The highest BCUT2D eigenvalue weighted by Crippen LogP contribution is 2.25. The van der Waals surface area contributed by atoms with Crippen molar-refractivity contribution in [1.29, 1.82) is 0 Å². The molecule has 0 aromatic carbocycles. The van der Waals surface area contributed by atoms with Crippen LogP contribution in [0.25, 0.3) is 0 Å². The maximum Gasteiger partial charge on any atom is 0.265 e. The summed E-state index contributed by atoms with van der Waals surface area (Å²) in [4.78, 5) is 12.6. The van der Waals surface area contributed by atoms with Gasteiger partial charge < -0.3 is 15.2 Å². The number of aromatic nitrogens is 2. The van der Waals surface area contributed by atoms with Crippen LogP contribution < -0.4 is 5.32 Å². The normalized spacial score (nSPS) is 13.4. The van der Waals surface area contributed by atoms with E-state index in [9.17, 15) is 4.79 Å². The molecule has 0 saturated heterocycles. The third kappa shape index (κ3) is 3.72. The third-order valence-corrected chi connectivity index (χ3v) is 3.05. The van der Waals surface area contributed by atoms with Gasteiger partial charge in [0.2, 0.25) is 0 Å². The first kappa shape index (κ1) is 15.0. The summed E-state index contributed by atoms with van der Waals surface area (Å²) in [6.07, 6.45) is 0. The Bertz CT molecular complexity index is 400.